The van der Waals surface area contributed by atoms with Crippen LogP contribution in [-0.2, 0) is 14.8 Å². The largest absolute Gasteiger partial charge is 0.448 e. The van der Waals surface area contributed by atoms with Gasteiger partial charge >= 0.3 is 6.09 Å². The van der Waals surface area contributed by atoms with E-state index in [0.717, 1.165) is 6.42 Å². The zero-order chi connectivity index (χ0) is 12.0. The van der Waals surface area contributed by atoms with E-state index in [4.69, 9.17) is 4.74 Å². The maximum atomic E-state index is 11.4. The summed E-state index contributed by atoms with van der Waals surface area (Å²) >= 11 is 0. The van der Waals surface area contributed by atoms with Crippen molar-refractivity contribution < 1.29 is 17.9 Å². The number of carbonyl (C=O) groups is 1. The minimum Gasteiger partial charge on any atom is -0.448 e. The molecule has 94 valence electrons. The van der Waals surface area contributed by atoms with Crippen LogP contribution in [0.25, 0.3) is 0 Å². The minimum atomic E-state index is -3.18. The van der Waals surface area contributed by atoms with E-state index in [0.29, 0.717) is 26.1 Å². The first kappa shape index (κ1) is 13.2. The van der Waals surface area contributed by atoms with Crippen molar-refractivity contribution in [1.29, 1.82) is 0 Å². The SMILES string of the molecule is CCCCS(=O)(=O)NCCN1CCOC1=O. The van der Waals surface area contributed by atoms with Gasteiger partial charge in [0, 0.05) is 13.1 Å². The third-order valence-electron chi connectivity index (χ3n) is 2.32. The lowest BCUT2D eigenvalue weighted by Crippen LogP contribution is -2.36. The maximum absolute atomic E-state index is 11.4. The molecule has 1 heterocycles. The van der Waals surface area contributed by atoms with Crippen LogP contribution in [0.5, 0.6) is 0 Å². The maximum Gasteiger partial charge on any atom is 0.409 e. The molecular weight excluding hydrogens is 232 g/mol. The summed E-state index contributed by atoms with van der Waals surface area (Å²) in [4.78, 5) is 12.5. The first-order valence-electron chi connectivity index (χ1n) is 5.44. The molecule has 6 nitrogen and oxygen atoms in total. The Morgan fingerprint density at radius 1 is 1.50 bits per heavy atom. The van der Waals surface area contributed by atoms with E-state index < -0.39 is 10.0 Å². The van der Waals surface area contributed by atoms with E-state index in [1.165, 1.54) is 4.90 Å². The second kappa shape index (κ2) is 6.05. The molecule has 7 heteroatoms. The van der Waals surface area contributed by atoms with E-state index in [9.17, 15) is 13.2 Å². The van der Waals surface area contributed by atoms with E-state index >= 15 is 0 Å². The summed E-state index contributed by atoms with van der Waals surface area (Å²) in [6.45, 7) is 3.48. The normalized spacial score (nSPS) is 16.6. The number of cyclic esters (lactones) is 1. The van der Waals surface area contributed by atoms with Crippen LogP contribution in [0.3, 0.4) is 0 Å². The summed E-state index contributed by atoms with van der Waals surface area (Å²) in [7, 11) is -3.18. The Morgan fingerprint density at radius 3 is 2.81 bits per heavy atom. The number of sulfonamides is 1. The van der Waals surface area contributed by atoms with Gasteiger partial charge < -0.3 is 9.64 Å². The van der Waals surface area contributed by atoms with Crippen LogP contribution in [0.15, 0.2) is 0 Å². The summed E-state index contributed by atoms with van der Waals surface area (Å²) in [5, 5.41) is 0. The Labute approximate surface area is 96.0 Å². The number of nitrogens with zero attached hydrogens (tertiary/aromatic N) is 1. The molecule has 0 aromatic rings. The quantitative estimate of drug-likeness (QED) is 0.698. The molecule has 1 aliphatic heterocycles. The standard InChI is InChI=1S/C9H18N2O4S/c1-2-3-8-16(13,14)10-4-5-11-6-7-15-9(11)12/h10H,2-8H2,1H3. The van der Waals surface area contributed by atoms with Gasteiger partial charge in [0.25, 0.3) is 0 Å². The number of nitrogens with one attached hydrogen (secondary N) is 1. The minimum absolute atomic E-state index is 0.147. The first-order valence-corrected chi connectivity index (χ1v) is 7.09. The number of amides is 1. The van der Waals surface area contributed by atoms with Crippen molar-refractivity contribution >= 4 is 16.1 Å². The Bertz CT molecular complexity index is 328. The Morgan fingerprint density at radius 2 is 2.25 bits per heavy atom. The highest BCUT2D eigenvalue weighted by Crippen LogP contribution is 2.01. The van der Waals surface area contributed by atoms with Crippen LogP contribution < -0.4 is 4.72 Å². The van der Waals surface area contributed by atoms with Crippen LogP contribution in [0.4, 0.5) is 4.79 Å². The summed E-state index contributed by atoms with van der Waals surface area (Å²) in [5.74, 6) is 0.147. The smallest absolute Gasteiger partial charge is 0.409 e. The molecule has 0 unspecified atom stereocenters. The Balaban J connectivity index is 2.21. The zero-order valence-electron chi connectivity index (χ0n) is 9.44. The lowest BCUT2D eigenvalue weighted by molar-refractivity contribution is 0.159. The molecule has 1 fully saturated rings. The van der Waals surface area contributed by atoms with Gasteiger partial charge in [0.05, 0.1) is 12.3 Å². The fourth-order valence-corrected chi connectivity index (χ4v) is 2.59. The third kappa shape index (κ3) is 4.36. The highest BCUT2D eigenvalue weighted by atomic mass is 32.2. The number of hydrogen-bond donors (Lipinski definition) is 1. The molecule has 0 saturated carbocycles. The number of ether oxygens (including phenoxy) is 1. The highest BCUT2D eigenvalue weighted by Gasteiger charge is 2.21. The average Bonchev–Trinajstić information content (AvgIpc) is 2.62. The van der Waals surface area contributed by atoms with Gasteiger partial charge in [-0.05, 0) is 6.42 Å². The van der Waals surface area contributed by atoms with Crippen molar-refractivity contribution in [2.45, 2.75) is 19.8 Å². The van der Waals surface area contributed by atoms with E-state index in [-0.39, 0.29) is 18.4 Å². The molecule has 16 heavy (non-hydrogen) atoms. The molecule has 0 bridgehead atoms. The molecule has 0 aliphatic carbocycles. The highest BCUT2D eigenvalue weighted by molar-refractivity contribution is 7.89. The van der Waals surface area contributed by atoms with Crippen LogP contribution in [-0.4, -0.2) is 51.4 Å². The Kier molecular flexibility index (Phi) is 5.01. The van der Waals surface area contributed by atoms with Crippen LogP contribution in [0.2, 0.25) is 0 Å². The van der Waals surface area contributed by atoms with Crippen molar-refractivity contribution in [1.82, 2.24) is 9.62 Å². The molecular formula is C9H18N2O4S. The van der Waals surface area contributed by atoms with Crippen LogP contribution in [0.1, 0.15) is 19.8 Å². The van der Waals surface area contributed by atoms with Crippen molar-refractivity contribution in [2.75, 3.05) is 32.0 Å². The third-order valence-corrected chi connectivity index (χ3v) is 3.79. The average molecular weight is 250 g/mol. The predicted octanol–water partition coefficient (Wildman–Crippen LogP) is 0.158. The van der Waals surface area contributed by atoms with Gasteiger partial charge in [-0.15, -0.1) is 0 Å². The van der Waals surface area contributed by atoms with Gasteiger partial charge in [0.1, 0.15) is 6.61 Å². The molecule has 0 aromatic heterocycles. The van der Waals surface area contributed by atoms with Crippen LogP contribution >= 0.6 is 0 Å². The van der Waals surface area contributed by atoms with Gasteiger partial charge in [-0.1, -0.05) is 13.3 Å². The molecule has 1 amide bonds. The second-order valence-electron chi connectivity index (χ2n) is 3.67. The second-order valence-corrected chi connectivity index (χ2v) is 5.59. The van der Waals surface area contributed by atoms with Crippen molar-refractivity contribution in [2.24, 2.45) is 0 Å². The van der Waals surface area contributed by atoms with Crippen molar-refractivity contribution in [3.63, 3.8) is 0 Å². The molecule has 0 spiro atoms. The predicted molar refractivity (Wildman–Crippen MR) is 59.6 cm³/mol. The lowest BCUT2D eigenvalue weighted by Gasteiger charge is -2.12. The number of hydrogen-bond acceptors (Lipinski definition) is 4. The zero-order valence-corrected chi connectivity index (χ0v) is 10.3. The molecule has 1 aliphatic rings. The summed E-state index contributed by atoms with van der Waals surface area (Å²) in [6, 6.07) is 0. The van der Waals surface area contributed by atoms with Gasteiger partial charge in [0.2, 0.25) is 10.0 Å². The lowest BCUT2D eigenvalue weighted by atomic mass is 10.4. The molecule has 1 N–H and O–H groups in total. The van der Waals surface area contributed by atoms with Gasteiger partial charge in [-0.25, -0.2) is 17.9 Å². The molecule has 0 radical (unpaired) electrons. The molecule has 1 rings (SSSR count). The molecule has 0 aromatic carbocycles. The van der Waals surface area contributed by atoms with Crippen LogP contribution in [0, 0.1) is 0 Å². The summed E-state index contributed by atoms with van der Waals surface area (Å²) in [5.41, 5.74) is 0. The van der Waals surface area contributed by atoms with Gasteiger partial charge in [-0.3, -0.25) is 0 Å². The fourth-order valence-electron chi connectivity index (χ4n) is 1.37. The molecule has 1 saturated heterocycles. The van der Waals surface area contributed by atoms with Gasteiger partial charge in [0.15, 0.2) is 0 Å². The summed E-state index contributed by atoms with van der Waals surface area (Å²) < 4.78 is 30.0. The van der Waals surface area contributed by atoms with Crippen molar-refractivity contribution in [3.05, 3.63) is 0 Å². The summed E-state index contributed by atoms with van der Waals surface area (Å²) in [6.07, 6.45) is 1.13. The van der Waals surface area contributed by atoms with E-state index in [2.05, 4.69) is 4.72 Å². The van der Waals surface area contributed by atoms with E-state index in [1.54, 1.807) is 0 Å². The monoisotopic (exact) mass is 250 g/mol. The van der Waals surface area contributed by atoms with Crippen molar-refractivity contribution in [3.8, 4) is 0 Å². The fraction of sp³-hybridized carbons (Fsp3) is 0.889. The number of unbranched alkanes of at least 4 members (excludes halogenated alkanes) is 1. The number of rotatable bonds is 7. The Hall–Kier alpha value is -0.820. The van der Waals surface area contributed by atoms with E-state index in [1.807, 2.05) is 6.92 Å². The van der Waals surface area contributed by atoms with Gasteiger partial charge in [-0.2, -0.15) is 0 Å². The first-order chi connectivity index (χ1) is 7.55. The topological polar surface area (TPSA) is 75.7 Å². The number of carbonyl (C=O) groups excluding carboxylic acids is 1. The molecule has 0 atom stereocenters.